The van der Waals surface area contributed by atoms with Crippen molar-refractivity contribution in [2.45, 2.75) is 122 Å². The van der Waals surface area contributed by atoms with Crippen LogP contribution in [0.1, 0.15) is 104 Å². The zero-order chi connectivity index (χ0) is 98.4. The van der Waals surface area contributed by atoms with E-state index in [4.69, 9.17) is 85.8 Å². The third kappa shape index (κ3) is 32.8. The number of amides is 8. The summed E-state index contributed by atoms with van der Waals surface area (Å²) in [6.45, 7) is 16.1. The zero-order valence-corrected chi connectivity index (χ0v) is 80.4. The van der Waals surface area contributed by atoms with Gasteiger partial charge in [0, 0.05) is 121 Å². The lowest BCUT2D eigenvalue weighted by atomic mass is 9.80. The molecule has 13 rings (SSSR count). The van der Waals surface area contributed by atoms with Crippen LogP contribution >= 0.6 is 23.2 Å². The molecule has 6 heterocycles. The third-order valence-corrected chi connectivity index (χ3v) is 24.9. The topological polar surface area (TPSA) is 372 Å². The van der Waals surface area contributed by atoms with E-state index in [9.17, 15) is 51.1 Å². The Morgan fingerprint density at radius 2 is 1.13 bits per heavy atom. The molecule has 1 aliphatic carbocycles. The van der Waals surface area contributed by atoms with Crippen LogP contribution in [-0.2, 0) is 110 Å². The summed E-state index contributed by atoms with van der Waals surface area (Å²) in [5.41, 5.74) is 6.31. The van der Waals surface area contributed by atoms with Crippen LogP contribution in [0.5, 0.6) is 0 Å². The molecule has 6 N–H and O–H groups in total. The van der Waals surface area contributed by atoms with Crippen molar-refractivity contribution in [2.75, 3.05) is 183 Å². The van der Waals surface area contributed by atoms with Gasteiger partial charge in [0.1, 0.15) is 29.4 Å². The standard InChI is InChI=1S/C100H123Cl2F4N17O17/c1-100(2)68-119(36-37-121(100)98(129)90-67-123-93(111-90)80(71-18-22-75(103)23-19-71)62-87(115-123)72-20-24-76(104)25-21-72)97(128)74-16-14-73(15-17-74)94(125)108-33-39-131-41-43-133-45-47-135-49-51-137-53-55-139-57-58-140-56-54-138-52-50-136-48-46-134-44-42-132-40-38-120-64-78(114-117-120)27-30-92(124)107-32-31-86(95(126)109-63-69-9-4-3-5-10-69)112-96(127)88(60-70-13-29-84(105)85(106)59-70)113-99(130)110-77-26-28-79-89(66-118-34-6-7-35-118)116-122(91(79)61-77)65-81-82(101)11-8-12-83(81)102/h3-5,8-13,18-26,28-29,59,61-62,64,67,73-74,86,88H,6-7,14-17,27,30-58,60,63,65-66,68H2,1-2H3,(H,107,124)(H,108,125)(H,109,126)(H,112,127)(H2,110,113,130)/t73?,74?,86-,88-/m0/s1. The van der Waals surface area contributed by atoms with Crippen LogP contribution < -0.4 is 31.9 Å². The molecule has 1 saturated carbocycles. The molecular formula is C100H123Cl2F4N17O17. The number of hydrogen-bond acceptors (Lipinski definition) is 23. The van der Waals surface area contributed by atoms with Crippen LogP contribution in [0.4, 0.5) is 28.0 Å². The van der Waals surface area contributed by atoms with Crippen LogP contribution in [0.3, 0.4) is 0 Å². The van der Waals surface area contributed by atoms with Crippen molar-refractivity contribution in [2.24, 2.45) is 11.8 Å². The number of ether oxygens (including phenoxy) is 10. The highest BCUT2D eigenvalue weighted by Crippen LogP contribution is 2.36. The largest absolute Gasteiger partial charge is 0.377 e. The van der Waals surface area contributed by atoms with Crippen LogP contribution in [0.15, 0.2) is 152 Å². The number of carbonyl (C=O) groups is 7. The van der Waals surface area contributed by atoms with Gasteiger partial charge in [-0.05, 0) is 174 Å². The number of urea groups is 1. The molecule has 140 heavy (non-hydrogen) atoms. The van der Waals surface area contributed by atoms with Crippen molar-refractivity contribution < 1.29 is 98.5 Å². The first-order valence-corrected chi connectivity index (χ1v) is 48.3. The van der Waals surface area contributed by atoms with Gasteiger partial charge in [-0.3, -0.25) is 38.3 Å². The van der Waals surface area contributed by atoms with Gasteiger partial charge in [-0.1, -0.05) is 83.0 Å². The van der Waals surface area contributed by atoms with Crippen molar-refractivity contribution in [3.63, 3.8) is 0 Å². The van der Waals surface area contributed by atoms with Crippen molar-refractivity contribution in [3.8, 4) is 22.4 Å². The van der Waals surface area contributed by atoms with Crippen LogP contribution in [0.25, 0.3) is 38.9 Å². The second kappa shape index (κ2) is 55.1. The molecule has 0 spiro atoms. The first kappa shape index (κ1) is 106. The lowest BCUT2D eigenvalue weighted by molar-refractivity contribution is -0.142. The van der Waals surface area contributed by atoms with E-state index in [1.165, 1.54) is 34.8 Å². The molecule has 752 valence electrons. The molecule has 0 radical (unpaired) electrons. The summed E-state index contributed by atoms with van der Waals surface area (Å²) in [6.07, 6.45) is 7.75. The van der Waals surface area contributed by atoms with Gasteiger partial charge in [-0.15, -0.1) is 5.10 Å². The number of piperazine rings is 1. The predicted octanol–water partition coefficient (Wildman–Crippen LogP) is 11.0. The van der Waals surface area contributed by atoms with E-state index in [2.05, 4.69) is 47.1 Å². The van der Waals surface area contributed by atoms with Gasteiger partial charge in [-0.2, -0.15) is 10.2 Å². The molecule has 2 saturated heterocycles. The Bertz CT molecular complexity index is 5640. The fourth-order valence-corrected chi connectivity index (χ4v) is 17.2. The lowest BCUT2D eigenvalue weighted by Gasteiger charge is -2.47. The van der Waals surface area contributed by atoms with Crippen molar-refractivity contribution in [1.82, 2.24) is 80.7 Å². The summed E-state index contributed by atoms with van der Waals surface area (Å²) in [5.74, 6) is -5.55. The summed E-state index contributed by atoms with van der Waals surface area (Å²) in [7, 11) is 0. The molecular weight excluding hydrogens is 1860 g/mol. The number of aromatic nitrogens is 8. The average Bonchev–Trinajstić information content (AvgIpc) is 1.58. The monoisotopic (exact) mass is 1980 g/mol. The maximum atomic E-state index is 14.7. The van der Waals surface area contributed by atoms with Gasteiger partial charge < -0.3 is 89.1 Å². The summed E-state index contributed by atoms with van der Waals surface area (Å²) in [5, 5.41) is 36.8. The van der Waals surface area contributed by atoms with Crippen molar-refractivity contribution in [3.05, 3.63) is 219 Å². The predicted molar refractivity (Wildman–Crippen MR) is 514 cm³/mol. The number of likely N-dealkylation sites (tertiary alicyclic amines) is 1. The SMILES string of the molecule is CC1(C)CN(C(=O)C2CCC(C(=O)NCCOCCOCCOCCOCCOCCOCCOCCOCCOCCOCCn3cc(CCC(=O)NCC[C@H](NC(=O)[C@H](Cc4ccc(F)c(F)c4)NC(=O)Nc4ccc5c(CN6CCCC6)nn(Cc6c(Cl)cccc6Cl)c5c4)C(=O)NCc4ccccc4)nn3)CC2)CCN1C(=O)c1cn2nc(-c3ccc(F)cc3)cc(-c3ccc(F)cc3)c2n1. The molecule has 3 aliphatic rings. The van der Waals surface area contributed by atoms with Gasteiger partial charge in [0.05, 0.1) is 180 Å². The average molecular weight is 1980 g/mol. The number of aryl methyl sites for hydroxylation is 1. The van der Waals surface area contributed by atoms with Gasteiger partial charge >= 0.3 is 6.03 Å². The summed E-state index contributed by atoms with van der Waals surface area (Å²) < 4.78 is 118. The minimum Gasteiger partial charge on any atom is -0.377 e. The number of hydrogen-bond donors (Lipinski definition) is 6. The number of benzene rings is 6. The number of halogens is 6. The van der Waals surface area contributed by atoms with E-state index in [1.54, 1.807) is 87.3 Å². The molecule has 6 aromatic carbocycles. The molecule has 34 nitrogen and oxygen atoms in total. The van der Waals surface area contributed by atoms with E-state index in [-0.39, 0.29) is 98.6 Å². The number of rotatable bonds is 57. The fraction of sp³-hybridized carbons (Fsp3) is 0.480. The second-order valence-electron chi connectivity index (χ2n) is 34.8. The highest BCUT2D eigenvalue weighted by atomic mass is 35.5. The summed E-state index contributed by atoms with van der Waals surface area (Å²) in [6, 6.07) is 33.0. The van der Waals surface area contributed by atoms with Gasteiger partial charge in [0.25, 0.3) is 5.91 Å². The van der Waals surface area contributed by atoms with Gasteiger partial charge in [0.2, 0.25) is 29.5 Å². The maximum absolute atomic E-state index is 14.7. The molecule has 0 unspecified atom stereocenters. The van der Waals surface area contributed by atoms with Crippen molar-refractivity contribution in [1.29, 1.82) is 0 Å². The van der Waals surface area contributed by atoms with E-state index in [0.717, 1.165) is 54.7 Å². The Kier molecular flexibility index (Phi) is 41.6. The van der Waals surface area contributed by atoms with Crippen LogP contribution in [-0.4, -0.2) is 291 Å². The highest BCUT2D eigenvalue weighted by Gasteiger charge is 2.42. The molecule has 40 heteroatoms. The van der Waals surface area contributed by atoms with E-state index in [0.29, 0.717) is 251 Å². The number of carbonyl (C=O) groups excluding carboxylic acids is 7. The Balaban J connectivity index is 0.404. The third-order valence-electron chi connectivity index (χ3n) is 24.2. The molecule has 0 bridgehead atoms. The Labute approximate surface area is 820 Å². The maximum Gasteiger partial charge on any atom is 0.319 e. The minimum atomic E-state index is -1.43. The first-order valence-electron chi connectivity index (χ1n) is 47.6. The molecule has 10 aromatic rings. The minimum absolute atomic E-state index is 0.0279. The molecule has 2 atom stereocenters. The van der Waals surface area contributed by atoms with Gasteiger partial charge in [0.15, 0.2) is 17.3 Å². The molecule has 2 aliphatic heterocycles. The smallest absolute Gasteiger partial charge is 0.319 e. The summed E-state index contributed by atoms with van der Waals surface area (Å²) in [4.78, 5) is 108. The molecule has 8 amide bonds. The Morgan fingerprint density at radius 3 is 1.74 bits per heavy atom. The number of anilines is 1. The Hall–Kier alpha value is -11.5. The zero-order valence-electron chi connectivity index (χ0n) is 78.9. The lowest BCUT2D eigenvalue weighted by Crippen LogP contribution is -2.62. The summed E-state index contributed by atoms with van der Waals surface area (Å²) >= 11 is 13.3. The second-order valence-corrected chi connectivity index (χ2v) is 35.7. The first-order chi connectivity index (χ1) is 68.0. The van der Waals surface area contributed by atoms with Crippen LogP contribution in [0.2, 0.25) is 10.0 Å². The molecule has 4 aromatic heterocycles. The molecule has 3 fully saturated rings. The number of nitrogens with zero attached hydrogens (tertiary/aromatic N) is 11. The number of fused-ring (bicyclic) bond motifs is 2. The normalized spacial score (nSPS) is 15.4. The van der Waals surface area contributed by atoms with Crippen LogP contribution in [0, 0.1) is 35.1 Å². The fourth-order valence-electron chi connectivity index (χ4n) is 16.7. The Morgan fingerprint density at radius 1 is 0.536 bits per heavy atom. The quantitative estimate of drug-likeness (QED) is 0.0152. The van der Waals surface area contributed by atoms with E-state index < -0.39 is 58.7 Å². The van der Waals surface area contributed by atoms with Crippen molar-refractivity contribution >= 4 is 86.9 Å². The highest BCUT2D eigenvalue weighted by molar-refractivity contribution is 6.36. The number of imidazole rings is 1. The van der Waals surface area contributed by atoms with Gasteiger partial charge in [-0.25, -0.2) is 36.5 Å². The number of nitrogens with one attached hydrogen (secondary N) is 6. The van der Waals surface area contributed by atoms with E-state index >= 15 is 0 Å². The van der Waals surface area contributed by atoms with E-state index in [1.807, 2.05) is 55.1 Å².